The number of anilines is 1. The largest absolute Gasteiger partial charge is 0.367 e. The lowest BCUT2D eigenvalue weighted by Gasteiger charge is -2.17. The van der Waals surface area contributed by atoms with Crippen molar-refractivity contribution >= 4 is 11.6 Å². The minimum Gasteiger partial charge on any atom is -0.367 e. The Labute approximate surface area is 105 Å². The molecule has 4 heteroatoms. The lowest BCUT2D eigenvalue weighted by Crippen LogP contribution is -2.30. The van der Waals surface area contributed by atoms with Gasteiger partial charge in [-0.1, -0.05) is 17.7 Å². The highest BCUT2D eigenvalue weighted by Crippen LogP contribution is 2.14. The molecule has 1 N–H and O–H groups in total. The number of nitrogens with zero attached hydrogens (tertiary/aromatic N) is 1. The first-order chi connectivity index (χ1) is 8.59. The van der Waals surface area contributed by atoms with E-state index in [0.29, 0.717) is 0 Å². The first kappa shape index (κ1) is 12.1. The summed E-state index contributed by atoms with van der Waals surface area (Å²) >= 11 is 0. The summed E-state index contributed by atoms with van der Waals surface area (Å²) in [4.78, 5) is 28.0. The van der Waals surface area contributed by atoms with Crippen molar-refractivity contribution in [2.75, 3.05) is 11.9 Å². The van der Waals surface area contributed by atoms with E-state index >= 15 is 0 Å². The maximum atomic E-state index is 12.2. The molecule has 1 aromatic heterocycles. The number of hydrogen-bond donors (Lipinski definition) is 1. The van der Waals surface area contributed by atoms with Crippen molar-refractivity contribution in [1.29, 1.82) is 0 Å². The van der Waals surface area contributed by atoms with Gasteiger partial charge in [0.1, 0.15) is 5.56 Å². The van der Waals surface area contributed by atoms with E-state index in [0.717, 1.165) is 11.3 Å². The molecule has 1 amide bonds. The van der Waals surface area contributed by atoms with Crippen LogP contribution in [0.3, 0.4) is 0 Å². The van der Waals surface area contributed by atoms with E-state index in [1.807, 2.05) is 31.2 Å². The van der Waals surface area contributed by atoms with Gasteiger partial charge in [-0.15, -0.1) is 0 Å². The van der Waals surface area contributed by atoms with Crippen LogP contribution in [-0.2, 0) is 0 Å². The minimum absolute atomic E-state index is 0.139. The number of rotatable bonds is 2. The van der Waals surface area contributed by atoms with Crippen LogP contribution in [0.25, 0.3) is 0 Å². The van der Waals surface area contributed by atoms with Crippen LogP contribution in [0.1, 0.15) is 15.9 Å². The van der Waals surface area contributed by atoms with Gasteiger partial charge in [0.2, 0.25) is 0 Å². The molecule has 2 rings (SSSR count). The molecule has 2 aromatic rings. The quantitative estimate of drug-likeness (QED) is 0.875. The SMILES string of the molecule is Cc1ccc(N(C)C(=O)c2c[nH]ccc2=O)cc1. The Hall–Kier alpha value is -2.36. The van der Waals surface area contributed by atoms with Crippen molar-refractivity contribution in [1.82, 2.24) is 4.98 Å². The summed E-state index contributed by atoms with van der Waals surface area (Å²) < 4.78 is 0. The number of H-pyrrole nitrogens is 1. The standard InChI is InChI=1S/C14H14N2O2/c1-10-3-5-11(6-4-10)16(2)14(18)12-9-15-8-7-13(12)17/h3-9H,1-2H3,(H,15,17). The number of amides is 1. The van der Waals surface area contributed by atoms with Crippen LogP contribution in [-0.4, -0.2) is 17.9 Å². The van der Waals surface area contributed by atoms with Crippen molar-refractivity contribution in [3.63, 3.8) is 0 Å². The van der Waals surface area contributed by atoms with Crippen molar-refractivity contribution in [3.05, 3.63) is 64.1 Å². The third kappa shape index (κ3) is 2.32. The second-order valence-corrected chi connectivity index (χ2v) is 4.12. The van der Waals surface area contributed by atoms with Gasteiger partial charge in [0.05, 0.1) is 0 Å². The molecule has 92 valence electrons. The number of aryl methyl sites for hydroxylation is 1. The molecule has 0 aliphatic rings. The average Bonchev–Trinajstić information content (AvgIpc) is 2.38. The summed E-state index contributed by atoms with van der Waals surface area (Å²) in [7, 11) is 1.65. The molecule has 0 aliphatic heterocycles. The highest BCUT2D eigenvalue weighted by atomic mass is 16.2. The fourth-order valence-corrected chi connectivity index (χ4v) is 1.65. The van der Waals surface area contributed by atoms with E-state index in [2.05, 4.69) is 4.98 Å². The molecule has 1 heterocycles. The van der Waals surface area contributed by atoms with E-state index in [1.54, 1.807) is 7.05 Å². The number of carbonyl (C=O) groups excluding carboxylic acids is 1. The zero-order chi connectivity index (χ0) is 13.1. The van der Waals surface area contributed by atoms with E-state index in [1.165, 1.54) is 23.4 Å². The smallest absolute Gasteiger partial charge is 0.263 e. The average molecular weight is 242 g/mol. The second-order valence-electron chi connectivity index (χ2n) is 4.12. The fourth-order valence-electron chi connectivity index (χ4n) is 1.65. The Morgan fingerprint density at radius 1 is 1.17 bits per heavy atom. The topological polar surface area (TPSA) is 53.2 Å². The first-order valence-corrected chi connectivity index (χ1v) is 5.61. The van der Waals surface area contributed by atoms with E-state index in [-0.39, 0.29) is 16.9 Å². The number of carbonyl (C=O) groups is 1. The Morgan fingerprint density at radius 2 is 1.83 bits per heavy atom. The lowest BCUT2D eigenvalue weighted by atomic mass is 10.2. The highest BCUT2D eigenvalue weighted by Gasteiger charge is 2.15. The van der Waals surface area contributed by atoms with Gasteiger partial charge in [0.25, 0.3) is 5.91 Å². The molecule has 0 unspecified atom stereocenters. The molecule has 0 radical (unpaired) electrons. The van der Waals surface area contributed by atoms with Gasteiger partial charge in [-0.3, -0.25) is 9.59 Å². The van der Waals surface area contributed by atoms with E-state index in [9.17, 15) is 9.59 Å². The molecular formula is C14H14N2O2. The Morgan fingerprint density at radius 3 is 2.44 bits per heavy atom. The predicted octanol–water partition coefficient (Wildman–Crippen LogP) is 1.96. The molecule has 0 spiro atoms. The summed E-state index contributed by atoms with van der Waals surface area (Å²) in [6.45, 7) is 1.98. The van der Waals surface area contributed by atoms with Crippen LogP contribution < -0.4 is 10.3 Å². The molecule has 0 saturated carbocycles. The van der Waals surface area contributed by atoms with Crippen LogP contribution in [0.15, 0.2) is 47.5 Å². The monoisotopic (exact) mass is 242 g/mol. The van der Waals surface area contributed by atoms with Gasteiger partial charge in [-0.2, -0.15) is 0 Å². The molecule has 18 heavy (non-hydrogen) atoms. The summed E-state index contributed by atoms with van der Waals surface area (Å²) in [6, 6.07) is 8.90. The number of aromatic amines is 1. The first-order valence-electron chi connectivity index (χ1n) is 5.61. The zero-order valence-corrected chi connectivity index (χ0v) is 10.3. The fraction of sp³-hybridized carbons (Fsp3) is 0.143. The van der Waals surface area contributed by atoms with Gasteiger partial charge in [0.15, 0.2) is 5.43 Å². The summed E-state index contributed by atoms with van der Waals surface area (Å²) in [6.07, 6.45) is 2.93. The number of nitrogens with one attached hydrogen (secondary N) is 1. The van der Waals surface area contributed by atoms with Crippen molar-refractivity contribution in [2.45, 2.75) is 6.92 Å². The van der Waals surface area contributed by atoms with Gasteiger partial charge in [0, 0.05) is 31.2 Å². The summed E-state index contributed by atoms with van der Waals surface area (Å²) in [5.41, 5.74) is 1.74. The van der Waals surface area contributed by atoms with Gasteiger partial charge in [-0.25, -0.2) is 0 Å². The third-order valence-electron chi connectivity index (χ3n) is 2.78. The maximum absolute atomic E-state index is 12.2. The maximum Gasteiger partial charge on any atom is 0.263 e. The Balaban J connectivity index is 2.32. The zero-order valence-electron chi connectivity index (χ0n) is 10.3. The third-order valence-corrected chi connectivity index (χ3v) is 2.78. The van der Waals surface area contributed by atoms with Crippen LogP contribution in [0.2, 0.25) is 0 Å². The van der Waals surface area contributed by atoms with Crippen LogP contribution >= 0.6 is 0 Å². The van der Waals surface area contributed by atoms with Crippen molar-refractivity contribution in [3.8, 4) is 0 Å². The number of aromatic nitrogens is 1. The van der Waals surface area contributed by atoms with Crippen molar-refractivity contribution < 1.29 is 4.79 Å². The molecule has 0 saturated heterocycles. The van der Waals surface area contributed by atoms with Crippen LogP contribution in [0.5, 0.6) is 0 Å². The minimum atomic E-state index is -0.319. The summed E-state index contributed by atoms with van der Waals surface area (Å²) in [5, 5.41) is 0. The lowest BCUT2D eigenvalue weighted by molar-refractivity contribution is 0.0991. The second kappa shape index (κ2) is 4.87. The van der Waals surface area contributed by atoms with Crippen molar-refractivity contribution in [2.24, 2.45) is 0 Å². The van der Waals surface area contributed by atoms with E-state index < -0.39 is 0 Å². The number of benzene rings is 1. The normalized spacial score (nSPS) is 10.1. The van der Waals surface area contributed by atoms with Crippen LogP contribution in [0.4, 0.5) is 5.69 Å². The Kier molecular flexibility index (Phi) is 3.28. The van der Waals surface area contributed by atoms with Gasteiger partial charge >= 0.3 is 0 Å². The van der Waals surface area contributed by atoms with Gasteiger partial charge < -0.3 is 9.88 Å². The number of pyridine rings is 1. The molecule has 4 nitrogen and oxygen atoms in total. The van der Waals surface area contributed by atoms with Crippen LogP contribution in [0, 0.1) is 6.92 Å². The molecular weight excluding hydrogens is 228 g/mol. The van der Waals surface area contributed by atoms with Gasteiger partial charge in [-0.05, 0) is 19.1 Å². The predicted molar refractivity (Wildman–Crippen MR) is 71.0 cm³/mol. The number of hydrogen-bond acceptors (Lipinski definition) is 2. The Bertz CT molecular complexity index is 614. The molecule has 1 aromatic carbocycles. The summed E-state index contributed by atoms with van der Waals surface area (Å²) in [5.74, 6) is -0.319. The highest BCUT2D eigenvalue weighted by molar-refractivity contribution is 6.05. The molecule has 0 atom stereocenters. The molecule has 0 aliphatic carbocycles. The molecule has 0 fully saturated rings. The molecule has 0 bridgehead atoms. The van der Waals surface area contributed by atoms with E-state index in [4.69, 9.17) is 0 Å².